The van der Waals surface area contributed by atoms with Crippen molar-refractivity contribution in [1.82, 2.24) is 5.32 Å². The van der Waals surface area contributed by atoms with Crippen molar-refractivity contribution in [3.05, 3.63) is 64.1 Å². The summed E-state index contributed by atoms with van der Waals surface area (Å²) in [4.78, 5) is 11.1. The minimum Gasteiger partial charge on any atom is -0.488 e. The summed E-state index contributed by atoms with van der Waals surface area (Å²) in [6.45, 7) is 4.47. The highest BCUT2D eigenvalue weighted by atomic mass is 79.9. The number of nitrogens with one attached hydrogen (secondary N) is 1. The van der Waals surface area contributed by atoms with E-state index in [0.717, 1.165) is 10.0 Å². The van der Waals surface area contributed by atoms with E-state index >= 15 is 0 Å². The Morgan fingerprint density at radius 1 is 1.22 bits per heavy atom. The molecule has 2 aromatic carbocycles. The van der Waals surface area contributed by atoms with E-state index in [4.69, 9.17) is 9.84 Å². The SMILES string of the molecule is CC.CNC(C(=O)O)c1ccc(OCc2ccccc2)c(Br)c1. The molecule has 2 rings (SSSR count). The summed E-state index contributed by atoms with van der Waals surface area (Å²) in [5, 5.41) is 11.9. The molecule has 2 aromatic rings. The topological polar surface area (TPSA) is 58.6 Å². The Hall–Kier alpha value is -1.85. The zero-order valence-electron chi connectivity index (χ0n) is 13.5. The summed E-state index contributed by atoms with van der Waals surface area (Å²) in [7, 11) is 1.62. The molecule has 0 bridgehead atoms. The van der Waals surface area contributed by atoms with Gasteiger partial charge in [-0.25, -0.2) is 0 Å². The minimum atomic E-state index is -0.914. The van der Waals surface area contributed by atoms with Crippen molar-refractivity contribution in [2.75, 3.05) is 7.05 Å². The normalized spacial score (nSPS) is 11.1. The number of carboxylic acid groups (broad SMARTS) is 1. The number of hydrogen-bond donors (Lipinski definition) is 2. The predicted molar refractivity (Wildman–Crippen MR) is 95.7 cm³/mol. The van der Waals surface area contributed by atoms with Crippen LogP contribution in [0.2, 0.25) is 0 Å². The Morgan fingerprint density at radius 2 is 1.87 bits per heavy atom. The van der Waals surface area contributed by atoms with E-state index in [1.807, 2.05) is 44.2 Å². The van der Waals surface area contributed by atoms with E-state index in [1.165, 1.54) is 0 Å². The largest absolute Gasteiger partial charge is 0.488 e. The number of benzene rings is 2. The van der Waals surface area contributed by atoms with Crippen LogP contribution >= 0.6 is 15.9 Å². The van der Waals surface area contributed by atoms with E-state index in [-0.39, 0.29) is 0 Å². The number of rotatable bonds is 6. The Morgan fingerprint density at radius 3 is 2.39 bits per heavy atom. The molecule has 0 saturated heterocycles. The van der Waals surface area contributed by atoms with Crippen molar-refractivity contribution in [2.45, 2.75) is 26.5 Å². The second kappa shape index (κ2) is 10.0. The van der Waals surface area contributed by atoms with Gasteiger partial charge >= 0.3 is 5.97 Å². The molecule has 0 heterocycles. The van der Waals surface area contributed by atoms with E-state index in [9.17, 15) is 4.79 Å². The third-order valence-electron chi connectivity index (χ3n) is 3.06. The average Bonchev–Trinajstić information content (AvgIpc) is 2.57. The number of carboxylic acids is 1. The van der Waals surface area contributed by atoms with Gasteiger partial charge in [0.25, 0.3) is 0 Å². The van der Waals surface area contributed by atoms with Gasteiger partial charge in [-0.1, -0.05) is 50.2 Å². The van der Waals surface area contributed by atoms with Crippen LogP contribution in [0.4, 0.5) is 0 Å². The van der Waals surface area contributed by atoms with Gasteiger partial charge in [-0.3, -0.25) is 4.79 Å². The van der Waals surface area contributed by atoms with Crippen LogP contribution in [0, 0.1) is 0 Å². The Kier molecular flexibility index (Phi) is 8.37. The molecule has 0 radical (unpaired) electrons. The molecule has 23 heavy (non-hydrogen) atoms. The first-order valence-corrected chi connectivity index (χ1v) is 8.27. The van der Waals surface area contributed by atoms with Crippen LogP contribution in [0.25, 0.3) is 0 Å². The third-order valence-corrected chi connectivity index (χ3v) is 3.68. The highest BCUT2D eigenvalue weighted by Crippen LogP contribution is 2.29. The smallest absolute Gasteiger partial charge is 0.325 e. The molecule has 1 atom stereocenters. The van der Waals surface area contributed by atoms with Crippen molar-refractivity contribution in [3.8, 4) is 5.75 Å². The van der Waals surface area contributed by atoms with Gasteiger partial charge < -0.3 is 15.2 Å². The third kappa shape index (κ3) is 5.69. The molecule has 0 amide bonds. The second-order valence-corrected chi connectivity index (χ2v) is 5.38. The maximum Gasteiger partial charge on any atom is 0.325 e. The summed E-state index contributed by atoms with van der Waals surface area (Å²) in [5.41, 5.74) is 1.75. The molecule has 4 nitrogen and oxygen atoms in total. The van der Waals surface area contributed by atoms with Gasteiger partial charge in [0.2, 0.25) is 0 Å². The van der Waals surface area contributed by atoms with Gasteiger partial charge in [0.1, 0.15) is 18.4 Å². The zero-order valence-corrected chi connectivity index (χ0v) is 15.1. The standard InChI is InChI=1S/C16H16BrNO3.C2H6/c1-18-15(16(19)20)12-7-8-14(13(17)9-12)21-10-11-5-3-2-4-6-11;1-2/h2-9,15,18H,10H2,1H3,(H,19,20);1-2H3. The molecule has 0 aromatic heterocycles. The number of likely N-dealkylation sites (N-methyl/N-ethyl adjacent to an activating group) is 1. The fourth-order valence-electron chi connectivity index (χ4n) is 1.98. The number of ether oxygens (including phenoxy) is 1. The van der Waals surface area contributed by atoms with Crippen LogP contribution < -0.4 is 10.1 Å². The molecule has 1 unspecified atom stereocenters. The Bertz CT molecular complexity index is 617. The fourth-order valence-corrected chi connectivity index (χ4v) is 2.49. The molecule has 0 fully saturated rings. The van der Waals surface area contributed by atoms with Crippen LogP contribution in [-0.2, 0) is 11.4 Å². The first-order valence-electron chi connectivity index (χ1n) is 7.48. The zero-order chi connectivity index (χ0) is 17.2. The van der Waals surface area contributed by atoms with Gasteiger partial charge in [0.15, 0.2) is 0 Å². The van der Waals surface area contributed by atoms with Gasteiger partial charge in [-0.05, 0) is 46.2 Å². The second-order valence-electron chi connectivity index (χ2n) is 4.52. The van der Waals surface area contributed by atoms with Gasteiger partial charge in [-0.2, -0.15) is 0 Å². The highest BCUT2D eigenvalue weighted by Gasteiger charge is 2.18. The van der Waals surface area contributed by atoms with Crippen LogP contribution in [0.3, 0.4) is 0 Å². The molecule has 2 N–H and O–H groups in total. The van der Waals surface area contributed by atoms with E-state index in [1.54, 1.807) is 25.2 Å². The maximum atomic E-state index is 11.1. The molecular weight excluding hydrogens is 358 g/mol. The lowest BCUT2D eigenvalue weighted by molar-refractivity contribution is -0.139. The van der Waals surface area contributed by atoms with Crippen LogP contribution in [0.1, 0.15) is 31.0 Å². The number of hydrogen-bond acceptors (Lipinski definition) is 3. The lowest BCUT2D eigenvalue weighted by Gasteiger charge is -2.14. The average molecular weight is 380 g/mol. The van der Waals surface area contributed by atoms with Gasteiger partial charge in [0, 0.05) is 0 Å². The van der Waals surface area contributed by atoms with Gasteiger partial charge in [0.05, 0.1) is 4.47 Å². The van der Waals surface area contributed by atoms with Crippen molar-refractivity contribution in [3.63, 3.8) is 0 Å². The summed E-state index contributed by atoms with van der Waals surface area (Å²) in [5.74, 6) is -0.231. The first kappa shape index (κ1) is 19.2. The Balaban J connectivity index is 0.00000127. The summed E-state index contributed by atoms with van der Waals surface area (Å²) in [6, 6.07) is 14.4. The van der Waals surface area contributed by atoms with E-state index < -0.39 is 12.0 Å². The molecule has 0 saturated carbocycles. The molecule has 0 aliphatic carbocycles. The molecule has 124 valence electrons. The number of halogens is 1. The quantitative estimate of drug-likeness (QED) is 0.780. The van der Waals surface area contributed by atoms with Crippen molar-refractivity contribution in [1.29, 1.82) is 0 Å². The van der Waals surface area contributed by atoms with Gasteiger partial charge in [-0.15, -0.1) is 0 Å². The highest BCUT2D eigenvalue weighted by molar-refractivity contribution is 9.10. The maximum absolute atomic E-state index is 11.1. The fraction of sp³-hybridized carbons (Fsp3) is 0.278. The lowest BCUT2D eigenvalue weighted by Crippen LogP contribution is -2.24. The molecule has 0 spiro atoms. The predicted octanol–water partition coefficient (Wildman–Crippen LogP) is 4.40. The lowest BCUT2D eigenvalue weighted by atomic mass is 10.1. The molecule has 0 aliphatic rings. The number of carbonyl (C=O) groups is 1. The first-order chi connectivity index (χ1) is 11.1. The molecule has 0 aliphatic heterocycles. The molecular formula is C18H22BrNO3. The molecule has 5 heteroatoms. The van der Waals surface area contributed by atoms with Crippen molar-refractivity contribution < 1.29 is 14.6 Å². The monoisotopic (exact) mass is 379 g/mol. The summed E-state index contributed by atoms with van der Waals surface area (Å²) in [6.07, 6.45) is 0. The van der Waals surface area contributed by atoms with Crippen LogP contribution in [-0.4, -0.2) is 18.1 Å². The summed E-state index contributed by atoms with van der Waals surface area (Å²) >= 11 is 3.42. The minimum absolute atomic E-state index is 0.465. The summed E-state index contributed by atoms with van der Waals surface area (Å²) < 4.78 is 6.47. The van der Waals surface area contributed by atoms with Crippen LogP contribution in [0.15, 0.2) is 53.0 Å². The van der Waals surface area contributed by atoms with Crippen LogP contribution in [0.5, 0.6) is 5.75 Å². The van der Waals surface area contributed by atoms with Crippen molar-refractivity contribution >= 4 is 21.9 Å². The number of aliphatic carboxylic acids is 1. The Labute approximate surface area is 145 Å². The van der Waals surface area contributed by atoms with Crippen molar-refractivity contribution in [2.24, 2.45) is 0 Å². The van der Waals surface area contributed by atoms with E-state index in [2.05, 4.69) is 21.2 Å². The van der Waals surface area contributed by atoms with E-state index in [0.29, 0.717) is 17.9 Å².